The fraction of sp³-hybridized carbons (Fsp3) is 0.818. The molecule has 0 radical (unpaired) electrons. The molecule has 0 aromatic rings. The molecule has 9 heteroatoms. The van der Waals surface area contributed by atoms with Crippen molar-refractivity contribution < 1.29 is 32.0 Å². The van der Waals surface area contributed by atoms with Gasteiger partial charge in [-0.15, -0.1) is 0 Å². The number of epoxide rings is 1. The zero-order chi connectivity index (χ0) is 15.2. The van der Waals surface area contributed by atoms with Crippen LogP contribution in [0.4, 0.5) is 0 Å². The third kappa shape index (κ3) is 2.46. The molecule has 2 aliphatic rings. The molecule has 2 unspecified atom stereocenters. The summed E-state index contributed by atoms with van der Waals surface area (Å²) in [6.07, 6.45) is 0.589. The van der Waals surface area contributed by atoms with Crippen molar-refractivity contribution in [2.75, 3.05) is 28.4 Å². The van der Waals surface area contributed by atoms with Crippen molar-refractivity contribution in [3.63, 3.8) is 0 Å². The quantitative estimate of drug-likeness (QED) is 0.547. The first-order valence-electron chi connectivity index (χ1n) is 6.12. The van der Waals surface area contributed by atoms with Crippen LogP contribution in [0.2, 0.25) is 0 Å². The summed E-state index contributed by atoms with van der Waals surface area (Å²) in [6, 6.07) is 0. The SMILES string of the molecule is COP(=O)(OC)C1=C(P(=O)(OC)OC)CC2(C)OC2C1. The van der Waals surface area contributed by atoms with Gasteiger partial charge in [0, 0.05) is 41.3 Å². The average Bonchev–Trinajstić information content (AvgIpc) is 3.14. The van der Waals surface area contributed by atoms with E-state index in [1.54, 1.807) is 0 Å². The molecule has 1 aliphatic heterocycles. The zero-order valence-electron chi connectivity index (χ0n) is 12.2. The lowest BCUT2D eigenvalue weighted by atomic mass is 9.96. The molecule has 20 heavy (non-hydrogen) atoms. The van der Waals surface area contributed by atoms with E-state index in [0.29, 0.717) is 23.5 Å². The monoisotopic (exact) mass is 326 g/mol. The molecule has 2 atom stereocenters. The minimum absolute atomic E-state index is 0.0676. The Morgan fingerprint density at radius 3 is 1.90 bits per heavy atom. The molecule has 2 rings (SSSR count). The second-order valence-electron chi connectivity index (χ2n) is 4.92. The maximum atomic E-state index is 12.7. The number of hydrogen-bond donors (Lipinski definition) is 0. The Balaban J connectivity index is 2.56. The predicted molar refractivity (Wildman–Crippen MR) is 72.8 cm³/mol. The Kier molecular flexibility index (Phi) is 4.36. The van der Waals surface area contributed by atoms with Crippen molar-refractivity contribution in [2.45, 2.75) is 31.5 Å². The van der Waals surface area contributed by atoms with Crippen LogP contribution in [0.25, 0.3) is 0 Å². The Bertz CT molecular complexity index is 513. The molecule has 0 bridgehead atoms. The fourth-order valence-electron chi connectivity index (χ4n) is 2.55. The zero-order valence-corrected chi connectivity index (χ0v) is 14.0. The van der Waals surface area contributed by atoms with E-state index in [4.69, 9.17) is 22.8 Å². The van der Waals surface area contributed by atoms with Crippen molar-refractivity contribution in [3.8, 4) is 0 Å². The molecule has 0 amide bonds. The van der Waals surface area contributed by atoms with E-state index in [1.165, 1.54) is 28.4 Å². The van der Waals surface area contributed by atoms with Crippen molar-refractivity contribution in [1.82, 2.24) is 0 Å². The lowest BCUT2D eigenvalue weighted by Crippen LogP contribution is -2.19. The lowest BCUT2D eigenvalue weighted by Gasteiger charge is -2.28. The molecule has 0 N–H and O–H groups in total. The number of rotatable bonds is 6. The molecule has 0 spiro atoms. The van der Waals surface area contributed by atoms with Gasteiger partial charge in [-0.2, -0.15) is 0 Å². The average molecular weight is 326 g/mol. The first-order chi connectivity index (χ1) is 9.28. The topological polar surface area (TPSA) is 83.6 Å². The molecule has 1 fully saturated rings. The van der Waals surface area contributed by atoms with Crippen LogP contribution < -0.4 is 0 Å². The van der Waals surface area contributed by atoms with E-state index >= 15 is 0 Å². The summed E-state index contributed by atoms with van der Waals surface area (Å²) in [5.41, 5.74) is -0.405. The number of hydrogen-bond acceptors (Lipinski definition) is 7. The third-order valence-electron chi connectivity index (χ3n) is 3.89. The summed E-state index contributed by atoms with van der Waals surface area (Å²) in [5, 5.41) is 0.681. The largest absolute Gasteiger partial charge is 0.366 e. The van der Waals surface area contributed by atoms with Gasteiger partial charge >= 0.3 is 15.2 Å². The van der Waals surface area contributed by atoms with E-state index < -0.39 is 20.8 Å². The van der Waals surface area contributed by atoms with E-state index in [-0.39, 0.29) is 6.10 Å². The maximum absolute atomic E-state index is 12.7. The Morgan fingerprint density at radius 2 is 1.45 bits per heavy atom. The van der Waals surface area contributed by atoms with Gasteiger partial charge in [-0.25, -0.2) is 0 Å². The van der Waals surface area contributed by atoms with Crippen LogP contribution in [-0.2, 0) is 32.0 Å². The molecule has 0 saturated carbocycles. The predicted octanol–water partition coefficient (Wildman–Crippen LogP) is 3.12. The molecule has 0 aromatic heterocycles. The highest BCUT2D eigenvalue weighted by atomic mass is 31.2. The summed E-state index contributed by atoms with van der Waals surface area (Å²) in [6.45, 7) is 1.91. The molecule has 1 aliphatic carbocycles. The van der Waals surface area contributed by atoms with Gasteiger partial charge in [0.2, 0.25) is 0 Å². The third-order valence-corrected chi connectivity index (χ3v) is 8.19. The molecule has 1 saturated heterocycles. The fourth-order valence-corrected chi connectivity index (χ4v) is 6.16. The van der Waals surface area contributed by atoms with Crippen LogP contribution in [0.15, 0.2) is 10.6 Å². The van der Waals surface area contributed by atoms with Crippen LogP contribution >= 0.6 is 15.2 Å². The second-order valence-corrected chi connectivity index (χ2v) is 9.45. The molecule has 1 heterocycles. The molecular weight excluding hydrogens is 306 g/mol. The van der Waals surface area contributed by atoms with E-state index in [2.05, 4.69) is 0 Å². The summed E-state index contributed by atoms with van der Waals surface area (Å²) in [5.74, 6) is 0. The van der Waals surface area contributed by atoms with Gasteiger partial charge in [0.05, 0.1) is 22.3 Å². The molecular formula is C11H20O7P2. The van der Waals surface area contributed by atoms with Crippen LogP contribution in [-0.4, -0.2) is 40.1 Å². The molecule has 0 aromatic carbocycles. The Hall–Kier alpha value is -0.0000000000000000694. The van der Waals surface area contributed by atoms with Crippen LogP contribution in [0.5, 0.6) is 0 Å². The van der Waals surface area contributed by atoms with E-state index in [9.17, 15) is 9.13 Å². The van der Waals surface area contributed by atoms with Gasteiger partial charge < -0.3 is 22.8 Å². The van der Waals surface area contributed by atoms with Crippen molar-refractivity contribution in [1.29, 1.82) is 0 Å². The van der Waals surface area contributed by atoms with Gasteiger partial charge in [-0.3, -0.25) is 9.13 Å². The smallest absolute Gasteiger partial charge is 0.357 e. The van der Waals surface area contributed by atoms with Gasteiger partial charge in [0.25, 0.3) is 0 Å². The summed E-state index contributed by atoms with van der Waals surface area (Å²) in [4.78, 5) is 0. The molecule has 116 valence electrons. The van der Waals surface area contributed by atoms with Gasteiger partial charge in [-0.1, -0.05) is 0 Å². The lowest BCUT2D eigenvalue weighted by molar-refractivity contribution is 0.271. The van der Waals surface area contributed by atoms with Crippen LogP contribution in [0.3, 0.4) is 0 Å². The Labute approximate surface area is 118 Å². The van der Waals surface area contributed by atoms with Crippen molar-refractivity contribution in [2.24, 2.45) is 0 Å². The van der Waals surface area contributed by atoms with Gasteiger partial charge in [0.15, 0.2) is 0 Å². The minimum atomic E-state index is -3.52. The first kappa shape index (κ1) is 16.4. The maximum Gasteiger partial charge on any atom is 0.357 e. The van der Waals surface area contributed by atoms with E-state index in [0.717, 1.165) is 0 Å². The highest BCUT2D eigenvalue weighted by Gasteiger charge is 2.60. The second kappa shape index (κ2) is 5.33. The van der Waals surface area contributed by atoms with Gasteiger partial charge in [0.1, 0.15) is 0 Å². The first-order valence-corrected chi connectivity index (χ1v) is 9.21. The van der Waals surface area contributed by atoms with Gasteiger partial charge in [-0.05, 0) is 6.92 Å². The highest BCUT2D eigenvalue weighted by Crippen LogP contribution is 2.71. The standard InChI is InChI=1S/C11H20O7P2/c1-11-7-9(20(13,16-4)17-5)8(6-10(11)18-11)19(12,14-2)15-3/h10H,6-7H2,1-5H3. The van der Waals surface area contributed by atoms with E-state index in [1.807, 2.05) is 6.92 Å². The normalized spacial score (nSPS) is 30.4. The van der Waals surface area contributed by atoms with Crippen LogP contribution in [0.1, 0.15) is 19.8 Å². The number of fused-ring (bicyclic) bond motifs is 1. The molecule has 7 nitrogen and oxygen atoms in total. The summed E-state index contributed by atoms with van der Waals surface area (Å²) >= 11 is 0. The van der Waals surface area contributed by atoms with Crippen molar-refractivity contribution >= 4 is 15.2 Å². The minimum Gasteiger partial charge on any atom is -0.366 e. The van der Waals surface area contributed by atoms with Crippen LogP contribution in [0, 0.1) is 0 Å². The Morgan fingerprint density at radius 1 is 1.00 bits per heavy atom. The van der Waals surface area contributed by atoms with Crippen molar-refractivity contribution in [3.05, 3.63) is 10.6 Å². The summed E-state index contributed by atoms with van der Waals surface area (Å²) in [7, 11) is -1.86. The summed E-state index contributed by atoms with van der Waals surface area (Å²) < 4.78 is 51.1. The number of ether oxygens (including phenoxy) is 1. The highest BCUT2D eigenvalue weighted by molar-refractivity contribution is 7.62.